The van der Waals surface area contributed by atoms with Gasteiger partial charge in [-0.3, -0.25) is 4.68 Å². The van der Waals surface area contributed by atoms with Crippen LogP contribution in [0.3, 0.4) is 0 Å². The summed E-state index contributed by atoms with van der Waals surface area (Å²) in [6.45, 7) is 7.70. The van der Waals surface area contributed by atoms with E-state index in [2.05, 4.69) is 25.9 Å². The Balaban J connectivity index is 1.96. The molecule has 2 rings (SSSR count). The van der Waals surface area contributed by atoms with Crippen LogP contribution in [0.5, 0.6) is 0 Å². The van der Waals surface area contributed by atoms with Crippen LogP contribution in [-0.4, -0.2) is 26.0 Å². The van der Waals surface area contributed by atoms with Gasteiger partial charge in [-0.05, 0) is 27.2 Å². The normalized spacial score (nSPS) is 12.4. The Hall–Kier alpha value is -2.38. The first-order valence-corrected chi connectivity index (χ1v) is 6.91. The van der Waals surface area contributed by atoms with Crippen molar-refractivity contribution in [1.29, 1.82) is 0 Å². The van der Waals surface area contributed by atoms with Crippen LogP contribution in [0.15, 0.2) is 16.9 Å². The third-order valence-electron chi connectivity index (χ3n) is 2.94. The molecular weight excluding hydrogens is 272 g/mol. The van der Waals surface area contributed by atoms with Crippen LogP contribution in [0.25, 0.3) is 0 Å². The van der Waals surface area contributed by atoms with Crippen LogP contribution in [-0.2, 0) is 0 Å². The van der Waals surface area contributed by atoms with Gasteiger partial charge in [-0.1, -0.05) is 12.1 Å². The average Bonchev–Trinajstić information content (AvgIpc) is 3.05. The number of carbonyl (C=O) groups excluding carboxylic acids is 1. The predicted molar refractivity (Wildman–Crippen MR) is 76.8 cm³/mol. The maximum Gasteiger partial charge on any atom is 0.319 e. The fourth-order valence-corrected chi connectivity index (χ4v) is 1.80. The monoisotopic (exact) mass is 292 g/mol. The van der Waals surface area contributed by atoms with E-state index in [-0.39, 0.29) is 18.1 Å². The molecule has 1 atom stereocenters. The topological polar surface area (TPSA) is 97.9 Å². The minimum Gasteiger partial charge on any atom is -0.337 e. The number of nitrogens with zero attached hydrogens (tertiary/aromatic N) is 4. The molecule has 0 saturated carbocycles. The number of aryl methyl sites for hydroxylation is 1. The van der Waals surface area contributed by atoms with Crippen molar-refractivity contribution in [3.05, 3.63) is 24.1 Å². The van der Waals surface area contributed by atoms with Gasteiger partial charge in [-0.25, -0.2) is 4.79 Å². The van der Waals surface area contributed by atoms with Crippen molar-refractivity contribution in [2.24, 2.45) is 0 Å². The van der Waals surface area contributed by atoms with Gasteiger partial charge in [0.15, 0.2) is 5.82 Å². The Morgan fingerprint density at radius 2 is 2.24 bits per heavy atom. The molecule has 0 saturated heterocycles. The molecule has 2 aromatic heterocycles. The number of carbonyl (C=O) groups is 1. The second-order valence-electron chi connectivity index (χ2n) is 5.04. The van der Waals surface area contributed by atoms with Gasteiger partial charge in [0.05, 0.1) is 11.9 Å². The highest BCUT2D eigenvalue weighted by Crippen LogP contribution is 2.15. The first-order valence-electron chi connectivity index (χ1n) is 6.91. The number of amides is 2. The zero-order chi connectivity index (χ0) is 15.4. The van der Waals surface area contributed by atoms with Gasteiger partial charge in [0, 0.05) is 12.2 Å². The van der Waals surface area contributed by atoms with Gasteiger partial charge >= 0.3 is 6.03 Å². The van der Waals surface area contributed by atoms with E-state index in [1.807, 2.05) is 20.8 Å². The first kappa shape index (κ1) is 15.0. The fourth-order valence-electron chi connectivity index (χ4n) is 1.80. The van der Waals surface area contributed by atoms with Crippen LogP contribution in [0.4, 0.5) is 10.5 Å². The van der Waals surface area contributed by atoms with E-state index in [1.54, 1.807) is 24.0 Å². The molecule has 0 aliphatic carbocycles. The standard InChI is InChI=1S/C13H20N6O2/c1-5-11(12-15-9(4)18-21-12)17-13(20)16-10-6-14-19(7-10)8(2)3/h6-8,11H,5H2,1-4H3,(H2,16,17,20). The molecule has 0 spiro atoms. The van der Waals surface area contributed by atoms with Gasteiger partial charge in [-0.15, -0.1) is 0 Å². The third-order valence-corrected chi connectivity index (χ3v) is 2.94. The summed E-state index contributed by atoms with van der Waals surface area (Å²) >= 11 is 0. The van der Waals surface area contributed by atoms with Gasteiger partial charge < -0.3 is 15.2 Å². The summed E-state index contributed by atoms with van der Waals surface area (Å²) in [4.78, 5) is 16.1. The second-order valence-corrected chi connectivity index (χ2v) is 5.04. The van der Waals surface area contributed by atoms with E-state index in [0.29, 0.717) is 23.8 Å². The number of hydrogen-bond donors (Lipinski definition) is 2. The van der Waals surface area contributed by atoms with Crippen molar-refractivity contribution >= 4 is 11.7 Å². The third kappa shape index (κ3) is 3.80. The maximum absolute atomic E-state index is 12.0. The highest BCUT2D eigenvalue weighted by molar-refractivity contribution is 5.89. The summed E-state index contributed by atoms with van der Waals surface area (Å²) in [5.41, 5.74) is 0.637. The largest absolute Gasteiger partial charge is 0.337 e. The smallest absolute Gasteiger partial charge is 0.319 e. The Labute approximate surface area is 122 Å². The molecule has 1 unspecified atom stereocenters. The van der Waals surface area contributed by atoms with Gasteiger partial charge in [-0.2, -0.15) is 10.1 Å². The Kier molecular flexibility index (Phi) is 4.56. The number of aromatic nitrogens is 4. The van der Waals surface area contributed by atoms with E-state index in [1.165, 1.54) is 0 Å². The van der Waals surface area contributed by atoms with Gasteiger partial charge in [0.1, 0.15) is 6.04 Å². The number of nitrogens with one attached hydrogen (secondary N) is 2. The highest BCUT2D eigenvalue weighted by atomic mass is 16.5. The zero-order valence-electron chi connectivity index (χ0n) is 12.6. The van der Waals surface area contributed by atoms with Gasteiger partial charge in [0.25, 0.3) is 0 Å². The lowest BCUT2D eigenvalue weighted by atomic mass is 10.2. The predicted octanol–water partition coefficient (Wildman–Crippen LogP) is 2.43. The second kappa shape index (κ2) is 6.38. The van der Waals surface area contributed by atoms with E-state index < -0.39 is 0 Å². The zero-order valence-corrected chi connectivity index (χ0v) is 12.6. The molecule has 21 heavy (non-hydrogen) atoms. The molecule has 0 fully saturated rings. The molecule has 2 heterocycles. The molecule has 8 nitrogen and oxygen atoms in total. The van der Waals surface area contributed by atoms with Crippen molar-refractivity contribution in [2.75, 3.05) is 5.32 Å². The van der Waals surface area contributed by atoms with Crippen molar-refractivity contribution in [3.63, 3.8) is 0 Å². The minimum absolute atomic E-state index is 0.244. The number of urea groups is 1. The summed E-state index contributed by atoms with van der Waals surface area (Å²) in [5, 5.41) is 13.4. The molecular formula is C13H20N6O2. The highest BCUT2D eigenvalue weighted by Gasteiger charge is 2.19. The quantitative estimate of drug-likeness (QED) is 0.882. The van der Waals surface area contributed by atoms with Crippen molar-refractivity contribution in [2.45, 2.75) is 46.2 Å². The Bertz CT molecular complexity index is 603. The van der Waals surface area contributed by atoms with Crippen LogP contribution in [0, 0.1) is 6.92 Å². The lowest BCUT2D eigenvalue weighted by Gasteiger charge is -2.12. The minimum atomic E-state index is -0.332. The fraction of sp³-hybridized carbons (Fsp3) is 0.538. The van der Waals surface area contributed by atoms with Crippen LogP contribution < -0.4 is 10.6 Å². The lowest BCUT2D eigenvalue weighted by molar-refractivity contribution is 0.243. The van der Waals surface area contributed by atoms with Crippen LogP contribution in [0.1, 0.15) is 51.0 Å². The summed E-state index contributed by atoms with van der Waals surface area (Å²) in [6, 6.07) is -0.402. The molecule has 0 aromatic carbocycles. The molecule has 0 aliphatic rings. The summed E-state index contributed by atoms with van der Waals surface area (Å²) in [7, 11) is 0. The molecule has 2 N–H and O–H groups in total. The molecule has 0 bridgehead atoms. The van der Waals surface area contributed by atoms with Crippen LogP contribution in [0.2, 0.25) is 0 Å². The molecule has 2 aromatic rings. The van der Waals surface area contributed by atoms with Crippen molar-refractivity contribution in [3.8, 4) is 0 Å². The summed E-state index contributed by atoms with van der Waals surface area (Å²) in [5.74, 6) is 0.951. The Morgan fingerprint density at radius 1 is 1.48 bits per heavy atom. The van der Waals surface area contributed by atoms with Crippen molar-refractivity contribution in [1.82, 2.24) is 25.2 Å². The average molecular weight is 292 g/mol. The van der Waals surface area contributed by atoms with E-state index in [4.69, 9.17) is 4.52 Å². The maximum atomic E-state index is 12.0. The van der Waals surface area contributed by atoms with Gasteiger partial charge in [0.2, 0.25) is 5.89 Å². The Morgan fingerprint density at radius 3 is 2.76 bits per heavy atom. The van der Waals surface area contributed by atoms with Crippen molar-refractivity contribution < 1.29 is 9.32 Å². The molecule has 2 amide bonds. The van der Waals surface area contributed by atoms with E-state index >= 15 is 0 Å². The number of rotatable bonds is 5. The molecule has 114 valence electrons. The number of hydrogen-bond acceptors (Lipinski definition) is 5. The summed E-state index contributed by atoms with van der Waals surface area (Å²) < 4.78 is 6.86. The summed E-state index contributed by atoms with van der Waals surface area (Å²) in [6.07, 6.45) is 4.04. The van der Waals surface area contributed by atoms with Crippen LogP contribution >= 0.6 is 0 Å². The van der Waals surface area contributed by atoms with E-state index in [9.17, 15) is 4.79 Å². The number of anilines is 1. The SMILES string of the molecule is CCC(NC(=O)Nc1cnn(C(C)C)c1)c1nc(C)no1. The molecule has 0 aliphatic heterocycles. The molecule has 8 heteroatoms. The van der Waals surface area contributed by atoms with E-state index in [0.717, 1.165) is 0 Å². The lowest BCUT2D eigenvalue weighted by Crippen LogP contribution is -2.32. The first-order chi connectivity index (χ1) is 9.99. The molecule has 0 radical (unpaired) electrons.